The lowest BCUT2D eigenvalue weighted by Gasteiger charge is -2.09. The van der Waals surface area contributed by atoms with Gasteiger partial charge in [-0.3, -0.25) is 0 Å². The molecule has 0 spiro atoms. The minimum Gasteiger partial charge on any atom is -0.545 e. The summed E-state index contributed by atoms with van der Waals surface area (Å²) in [5.74, 6) is -1.60. The van der Waals surface area contributed by atoms with Crippen molar-refractivity contribution in [2.75, 3.05) is 0 Å². The normalized spacial score (nSPS) is 11.2. The molecule has 0 amide bonds. The van der Waals surface area contributed by atoms with Crippen LogP contribution in [0.1, 0.15) is 10.4 Å². The first-order valence-corrected chi connectivity index (χ1v) is 5.53. The van der Waals surface area contributed by atoms with Gasteiger partial charge >= 0.3 is 6.36 Å². The fourth-order valence-corrected chi connectivity index (χ4v) is 1.65. The molecule has 3 nitrogen and oxygen atoms in total. The average molecular weight is 281 g/mol. The van der Waals surface area contributed by atoms with Crippen LogP contribution in [0.5, 0.6) is 5.75 Å². The van der Waals surface area contributed by atoms with Gasteiger partial charge in [0.2, 0.25) is 0 Å². The van der Waals surface area contributed by atoms with Gasteiger partial charge in [0.15, 0.2) is 0 Å². The molecule has 0 aromatic heterocycles. The van der Waals surface area contributed by atoms with Gasteiger partial charge in [-0.2, -0.15) is 0 Å². The molecule has 104 valence electrons. The van der Waals surface area contributed by atoms with E-state index >= 15 is 0 Å². The molecule has 0 saturated heterocycles. The number of hydrogen-bond donors (Lipinski definition) is 0. The van der Waals surface area contributed by atoms with Crippen molar-refractivity contribution in [2.24, 2.45) is 0 Å². The Labute approximate surface area is 112 Å². The lowest BCUT2D eigenvalue weighted by Crippen LogP contribution is -2.21. The van der Waals surface area contributed by atoms with Crippen molar-refractivity contribution in [1.82, 2.24) is 0 Å². The van der Waals surface area contributed by atoms with E-state index in [0.29, 0.717) is 11.1 Å². The first-order valence-electron chi connectivity index (χ1n) is 5.53. The van der Waals surface area contributed by atoms with Crippen LogP contribution >= 0.6 is 0 Å². The summed E-state index contributed by atoms with van der Waals surface area (Å²) in [6, 6.07) is 11.1. The number of alkyl halides is 3. The van der Waals surface area contributed by atoms with Crippen LogP contribution in [0.15, 0.2) is 48.5 Å². The molecule has 0 N–H and O–H groups in total. The second kappa shape index (κ2) is 5.24. The lowest BCUT2D eigenvalue weighted by molar-refractivity contribution is -0.274. The van der Waals surface area contributed by atoms with E-state index in [1.807, 2.05) is 0 Å². The SMILES string of the molecule is O=C([O-])c1ccc(-c2ccc(OC(F)(F)F)cc2)cc1. The maximum Gasteiger partial charge on any atom is 0.573 e. The molecule has 6 heteroatoms. The van der Waals surface area contributed by atoms with Gasteiger partial charge in [0, 0.05) is 0 Å². The fourth-order valence-electron chi connectivity index (χ4n) is 1.65. The Morgan fingerprint density at radius 2 is 1.35 bits per heavy atom. The van der Waals surface area contributed by atoms with Gasteiger partial charge in [0.25, 0.3) is 0 Å². The third-order valence-corrected chi connectivity index (χ3v) is 2.54. The topological polar surface area (TPSA) is 49.4 Å². The van der Waals surface area contributed by atoms with E-state index in [4.69, 9.17) is 0 Å². The van der Waals surface area contributed by atoms with E-state index in [2.05, 4.69) is 4.74 Å². The molecular formula is C14H8F3O3-. The Balaban J connectivity index is 2.19. The molecule has 20 heavy (non-hydrogen) atoms. The zero-order chi connectivity index (χ0) is 14.8. The quantitative estimate of drug-likeness (QED) is 0.869. The average Bonchev–Trinajstić information content (AvgIpc) is 2.38. The maximum atomic E-state index is 12.0. The van der Waals surface area contributed by atoms with Crippen LogP contribution in [0.4, 0.5) is 13.2 Å². The first-order chi connectivity index (χ1) is 9.35. The molecule has 0 heterocycles. The van der Waals surface area contributed by atoms with Crippen LogP contribution in [0.3, 0.4) is 0 Å². The maximum absolute atomic E-state index is 12.0. The Morgan fingerprint density at radius 3 is 1.75 bits per heavy atom. The Kier molecular flexibility index (Phi) is 3.65. The summed E-state index contributed by atoms with van der Waals surface area (Å²) in [5, 5.41) is 10.6. The second-order valence-corrected chi connectivity index (χ2v) is 3.94. The summed E-state index contributed by atoms with van der Waals surface area (Å²) >= 11 is 0. The monoisotopic (exact) mass is 281 g/mol. The molecule has 0 atom stereocenters. The minimum absolute atomic E-state index is 0.0331. The number of hydrogen-bond acceptors (Lipinski definition) is 3. The highest BCUT2D eigenvalue weighted by Crippen LogP contribution is 2.26. The molecular weight excluding hydrogens is 273 g/mol. The number of ether oxygens (including phenoxy) is 1. The predicted molar refractivity (Wildman–Crippen MR) is 62.9 cm³/mol. The molecule has 0 aliphatic rings. The Morgan fingerprint density at radius 1 is 0.900 bits per heavy atom. The summed E-state index contributed by atoms with van der Waals surface area (Å²) in [7, 11) is 0. The Hall–Kier alpha value is -2.50. The highest BCUT2D eigenvalue weighted by Gasteiger charge is 2.30. The van der Waals surface area contributed by atoms with Crippen molar-refractivity contribution in [1.29, 1.82) is 0 Å². The molecule has 0 fully saturated rings. The zero-order valence-corrected chi connectivity index (χ0v) is 9.98. The first kappa shape index (κ1) is 13.9. The van der Waals surface area contributed by atoms with E-state index in [-0.39, 0.29) is 11.3 Å². The van der Waals surface area contributed by atoms with E-state index in [1.54, 1.807) is 12.1 Å². The van der Waals surface area contributed by atoms with Crippen LogP contribution in [-0.2, 0) is 0 Å². The fraction of sp³-hybridized carbons (Fsp3) is 0.0714. The molecule has 0 radical (unpaired) electrons. The van der Waals surface area contributed by atoms with Crippen molar-refractivity contribution < 1.29 is 27.8 Å². The van der Waals surface area contributed by atoms with Crippen LogP contribution in [0.25, 0.3) is 11.1 Å². The zero-order valence-electron chi connectivity index (χ0n) is 9.98. The van der Waals surface area contributed by atoms with Crippen molar-refractivity contribution in [3.63, 3.8) is 0 Å². The third kappa shape index (κ3) is 3.50. The Bertz CT molecular complexity index is 601. The van der Waals surface area contributed by atoms with Crippen molar-refractivity contribution >= 4 is 5.97 Å². The molecule has 2 rings (SSSR count). The van der Waals surface area contributed by atoms with Gasteiger partial charge in [-0.15, -0.1) is 13.2 Å². The van der Waals surface area contributed by atoms with Crippen LogP contribution in [0, 0.1) is 0 Å². The molecule has 2 aromatic carbocycles. The molecule has 0 aliphatic carbocycles. The second-order valence-electron chi connectivity index (χ2n) is 3.94. The van der Waals surface area contributed by atoms with Crippen molar-refractivity contribution in [3.8, 4) is 16.9 Å². The van der Waals surface area contributed by atoms with Crippen LogP contribution in [0.2, 0.25) is 0 Å². The predicted octanol–water partition coefficient (Wildman–Crippen LogP) is 2.62. The summed E-state index contributed by atoms with van der Waals surface area (Å²) in [6.07, 6.45) is -4.72. The van der Waals surface area contributed by atoms with Gasteiger partial charge in [-0.25, -0.2) is 0 Å². The molecule has 0 bridgehead atoms. The number of halogens is 3. The van der Waals surface area contributed by atoms with E-state index in [9.17, 15) is 23.1 Å². The number of rotatable bonds is 3. The third-order valence-electron chi connectivity index (χ3n) is 2.54. The van der Waals surface area contributed by atoms with Crippen molar-refractivity contribution in [2.45, 2.75) is 6.36 Å². The number of carbonyl (C=O) groups excluding carboxylic acids is 1. The summed E-state index contributed by atoms with van der Waals surface area (Å²) in [5.41, 5.74) is 1.35. The van der Waals surface area contributed by atoms with Gasteiger partial charge < -0.3 is 14.6 Å². The van der Waals surface area contributed by atoms with Crippen molar-refractivity contribution in [3.05, 3.63) is 54.1 Å². The largest absolute Gasteiger partial charge is 0.573 e. The van der Waals surface area contributed by atoms with Gasteiger partial charge in [-0.1, -0.05) is 36.4 Å². The minimum atomic E-state index is -4.72. The molecule has 0 aliphatic heterocycles. The molecule has 0 unspecified atom stereocenters. The highest BCUT2D eigenvalue weighted by atomic mass is 19.4. The van der Waals surface area contributed by atoms with Gasteiger partial charge in [0.05, 0.1) is 5.97 Å². The van der Waals surface area contributed by atoms with Gasteiger partial charge in [-0.05, 0) is 28.8 Å². The number of carboxylic acids is 1. The lowest BCUT2D eigenvalue weighted by atomic mass is 10.0. The summed E-state index contributed by atoms with van der Waals surface area (Å²) < 4.78 is 39.8. The van der Waals surface area contributed by atoms with E-state index in [1.165, 1.54) is 36.4 Å². The highest BCUT2D eigenvalue weighted by molar-refractivity contribution is 5.86. The summed E-state index contributed by atoms with van der Waals surface area (Å²) in [6.45, 7) is 0. The number of carbonyl (C=O) groups is 1. The number of carboxylic acid groups (broad SMARTS) is 1. The summed E-state index contributed by atoms with van der Waals surface area (Å²) in [4.78, 5) is 10.6. The van der Waals surface area contributed by atoms with Gasteiger partial charge in [0.1, 0.15) is 5.75 Å². The van der Waals surface area contributed by atoms with Crippen LogP contribution < -0.4 is 9.84 Å². The molecule has 2 aromatic rings. The smallest absolute Gasteiger partial charge is 0.545 e. The van der Waals surface area contributed by atoms with Crippen LogP contribution in [-0.4, -0.2) is 12.3 Å². The standard InChI is InChI=1S/C14H9F3O3/c15-14(16,17)20-12-7-5-10(6-8-12)9-1-3-11(4-2-9)13(18)19/h1-8H,(H,18,19)/p-1. The number of benzene rings is 2. The van der Waals surface area contributed by atoms with E-state index < -0.39 is 12.3 Å². The molecule has 0 saturated carbocycles. The van der Waals surface area contributed by atoms with E-state index in [0.717, 1.165) is 0 Å². The number of aromatic carboxylic acids is 1.